The number of nitro groups is 1. The summed E-state index contributed by atoms with van der Waals surface area (Å²) >= 11 is 11.1. The van der Waals surface area contributed by atoms with Gasteiger partial charge < -0.3 is 10.6 Å². The standard InChI is InChI=1S/C17H12ClN3O2S/c18-14-9-8-12(10-16(14)21(22)23)19-17(24)20-15-7-3-5-11-4-1-2-6-13(11)15/h1-10H,(H2,19,20,24). The summed E-state index contributed by atoms with van der Waals surface area (Å²) in [5.41, 5.74) is 1.17. The first-order valence-corrected chi connectivity index (χ1v) is 7.83. The largest absolute Gasteiger partial charge is 0.332 e. The number of thiocarbonyl (C=S) groups is 1. The molecule has 5 nitrogen and oxygen atoms in total. The Morgan fingerprint density at radius 2 is 1.79 bits per heavy atom. The van der Waals surface area contributed by atoms with Gasteiger partial charge in [-0.3, -0.25) is 10.1 Å². The number of nitrogens with zero attached hydrogens (tertiary/aromatic N) is 1. The molecule has 0 atom stereocenters. The van der Waals surface area contributed by atoms with Gasteiger partial charge in [-0.1, -0.05) is 48.0 Å². The Labute approximate surface area is 148 Å². The van der Waals surface area contributed by atoms with Crippen LogP contribution in [0, 0.1) is 10.1 Å². The van der Waals surface area contributed by atoms with Crippen molar-refractivity contribution in [2.45, 2.75) is 0 Å². The summed E-state index contributed by atoms with van der Waals surface area (Å²) in [6.07, 6.45) is 0. The third-order valence-corrected chi connectivity index (χ3v) is 3.96. The molecule has 2 N–H and O–H groups in total. The predicted octanol–water partition coefficient (Wildman–Crippen LogP) is 5.21. The molecule has 0 radical (unpaired) electrons. The molecule has 0 saturated heterocycles. The number of hydrogen-bond acceptors (Lipinski definition) is 3. The van der Waals surface area contributed by atoms with E-state index in [0.29, 0.717) is 10.8 Å². The van der Waals surface area contributed by atoms with Crippen LogP contribution in [0.2, 0.25) is 5.02 Å². The lowest BCUT2D eigenvalue weighted by Crippen LogP contribution is -2.19. The monoisotopic (exact) mass is 357 g/mol. The summed E-state index contributed by atoms with van der Waals surface area (Å²) in [6.45, 7) is 0. The number of nitro benzene ring substituents is 1. The SMILES string of the molecule is O=[N+]([O-])c1cc(NC(=S)Nc2cccc3ccccc23)ccc1Cl. The van der Waals surface area contributed by atoms with E-state index in [1.807, 2.05) is 42.5 Å². The second-order valence-corrected chi connectivity index (χ2v) is 5.84. The Morgan fingerprint density at radius 1 is 1.04 bits per heavy atom. The molecule has 3 aromatic carbocycles. The van der Waals surface area contributed by atoms with E-state index in [4.69, 9.17) is 23.8 Å². The number of rotatable bonds is 3. The zero-order chi connectivity index (χ0) is 17.1. The molecular formula is C17H12ClN3O2S. The third kappa shape index (κ3) is 3.45. The summed E-state index contributed by atoms with van der Waals surface area (Å²) in [4.78, 5) is 10.4. The van der Waals surface area contributed by atoms with E-state index in [1.54, 1.807) is 6.07 Å². The van der Waals surface area contributed by atoms with Crippen molar-refractivity contribution >= 4 is 56.8 Å². The van der Waals surface area contributed by atoms with Crippen LogP contribution in [-0.2, 0) is 0 Å². The van der Waals surface area contributed by atoms with Crippen molar-refractivity contribution in [2.75, 3.05) is 10.6 Å². The van der Waals surface area contributed by atoms with Crippen LogP contribution in [0.25, 0.3) is 10.8 Å². The number of benzene rings is 3. The quantitative estimate of drug-likeness (QED) is 0.382. The number of anilines is 2. The van der Waals surface area contributed by atoms with E-state index >= 15 is 0 Å². The van der Waals surface area contributed by atoms with Gasteiger partial charge in [0.05, 0.1) is 4.92 Å². The lowest BCUT2D eigenvalue weighted by molar-refractivity contribution is -0.384. The molecule has 0 fully saturated rings. The highest BCUT2D eigenvalue weighted by molar-refractivity contribution is 7.80. The molecule has 3 aromatic rings. The van der Waals surface area contributed by atoms with E-state index in [-0.39, 0.29) is 10.7 Å². The van der Waals surface area contributed by atoms with E-state index in [1.165, 1.54) is 12.1 Å². The normalized spacial score (nSPS) is 10.4. The van der Waals surface area contributed by atoms with Crippen LogP contribution in [0.1, 0.15) is 0 Å². The van der Waals surface area contributed by atoms with Crippen molar-refractivity contribution in [1.82, 2.24) is 0 Å². The van der Waals surface area contributed by atoms with Crippen LogP contribution in [0.3, 0.4) is 0 Å². The van der Waals surface area contributed by atoms with Crippen molar-refractivity contribution in [3.05, 3.63) is 75.8 Å². The Morgan fingerprint density at radius 3 is 2.58 bits per heavy atom. The first-order valence-electron chi connectivity index (χ1n) is 7.04. The summed E-state index contributed by atoms with van der Waals surface area (Å²) in [6, 6.07) is 18.2. The first-order chi connectivity index (χ1) is 11.5. The molecule has 0 heterocycles. The minimum atomic E-state index is -0.533. The smallest absolute Gasteiger partial charge is 0.289 e. The van der Waals surface area contributed by atoms with E-state index < -0.39 is 4.92 Å². The Hall–Kier alpha value is -2.70. The number of fused-ring (bicyclic) bond motifs is 1. The minimum absolute atomic E-state index is 0.0819. The second-order valence-electron chi connectivity index (χ2n) is 5.03. The number of nitrogens with one attached hydrogen (secondary N) is 2. The van der Waals surface area contributed by atoms with Gasteiger partial charge >= 0.3 is 0 Å². The van der Waals surface area contributed by atoms with Gasteiger partial charge in [0.2, 0.25) is 0 Å². The molecule has 0 unspecified atom stereocenters. The van der Waals surface area contributed by atoms with Gasteiger partial charge in [-0.25, -0.2) is 0 Å². The Bertz CT molecular complexity index is 941. The molecule has 0 aromatic heterocycles. The van der Waals surface area contributed by atoms with Crippen LogP contribution in [0.4, 0.5) is 17.1 Å². The van der Waals surface area contributed by atoms with Crippen molar-refractivity contribution < 1.29 is 4.92 Å². The lowest BCUT2D eigenvalue weighted by atomic mass is 10.1. The van der Waals surface area contributed by atoms with Crippen LogP contribution >= 0.6 is 23.8 Å². The second kappa shape index (κ2) is 6.82. The van der Waals surface area contributed by atoms with E-state index in [0.717, 1.165) is 16.5 Å². The maximum atomic E-state index is 10.9. The zero-order valence-electron chi connectivity index (χ0n) is 12.3. The molecule has 0 spiro atoms. The average molecular weight is 358 g/mol. The molecule has 0 aliphatic carbocycles. The molecular weight excluding hydrogens is 346 g/mol. The van der Waals surface area contributed by atoms with Gasteiger partial charge in [-0.2, -0.15) is 0 Å². The predicted molar refractivity (Wildman–Crippen MR) is 102 cm³/mol. The molecule has 0 amide bonds. The van der Waals surface area contributed by atoms with Gasteiger partial charge in [-0.15, -0.1) is 0 Å². The fraction of sp³-hybridized carbons (Fsp3) is 0. The zero-order valence-corrected chi connectivity index (χ0v) is 13.9. The summed E-state index contributed by atoms with van der Waals surface area (Å²) in [5, 5.41) is 19.5. The molecule has 120 valence electrons. The van der Waals surface area contributed by atoms with E-state index in [9.17, 15) is 10.1 Å². The van der Waals surface area contributed by atoms with Gasteiger partial charge in [0.1, 0.15) is 5.02 Å². The highest BCUT2D eigenvalue weighted by Gasteiger charge is 2.13. The summed E-state index contributed by atoms with van der Waals surface area (Å²) in [7, 11) is 0. The molecule has 3 rings (SSSR count). The summed E-state index contributed by atoms with van der Waals surface area (Å²) < 4.78 is 0. The maximum absolute atomic E-state index is 10.9. The molecule has 7 heteroatoms. The Kier molecular flexibility index (Phi) is 4.59. The van der Waals surface area contributed by atoms with Crippen molar-refractivity contribution in [3.63, 3.8) is 0 Å². The fourth-order valence-electron chi connectivity index (χ4n) is 2.35. The molecule has 0 bridgehead atoms. The van der Waals surface area contributed by atoms with Crippen LogP contribution in [-0.4, -0.2) is 10.0 Å². The molecule has 0 saturated carbocycles. The van der Waals surface area contributed by atoms with Gasteiger partial charge in [0.25, 0.3) is 5.69 Å². The maximum Gasteiger partial charge on any atom is 0.289 e. The Balaban J connectivity index is 1.81. The number of halogens is 1. The van der Waals surface area contributed by atoms with Crippen LogP contribution < -0.4 is 10.6 Å². The fourth-order valence-corrected chi connectivity index (χ4v) is 2.76. The average Bonchev–Trinajstić information content (AvgIpc) is 2.56. The third-order valence-electron chi connectivity index (χ3n) is 3.44. The first kappa shape index (κ1) is 16.2. The lowest BCUT2D eigenvalue weighted by Gasteiger charge is -2.12. The molecule has 24 heavy (non-hydrogen) atoms. The van der Waals surface area contributed by atoms with Crippen molar-refractivity contribution in [1.29, 1.82) is 0 Å². The molecule has 0 aliphatic heterocycles. The topological polar surface area (TPSA) is 67.2 Å². The minimum Gasteiger partial charge on any atom is -0.332 e. The highest BCUT2D eigenvalue weighted by Crippen LogP contribution is 2.28. The van der Waals surface area contributed by atoms with Gasteiger partial charge in [-0.05, 0) is 35.8 Å². The van der Waals surface area contributed by atoms with E-state index in [2.05, 4.69) is 10.6 Å². The summed E-state index contributed by atoms with van der Waals surface area (Å²) in [5.74, 6) is 0. The number of hydrogen-bond donors (Lipinski definition) is 2. The van der Waals surface area contributed by atoms with Crippen molar-refractivity contribution in [3.8, 4) is 0 Å². The highest BCUT2D eigenvalue weighted by atomic mass is 35.5. The van der Waals surface area contributed by atoms with Gasteiger partial charge in [0, 0.05) is 22.8 Å². The molecule has 0 aliphatic rings. The van der Waals surface area contributed by atoms with Gasteiger partial charge in [0.15, 0.2) is 5.11 Å². The van der Waals surface area contributed by atoms with Crippen LogP contribution in [0.15, 0.2) is 60.7 Å². The van der Waals surface area contributed by atoms with Crippen LogP contribution in [0.5, 0.6) is 0 Å². The van der Waals surface area contributed by atoms with Crippen molar-refractivity contribution in [2.24, 2.45) is 0 Å².